The summed E-state index contributed by atoms with van der Waals surface area (Å²) in [4.78, 5) is 37.7. The summed E-state index contributed by atoms with van der Waals surface area (Å²) in [7, 11) is 1.55. The van der Waals surface area contributed by atoms with Gasteiger partial charge in [-0.1, -0.05) is 23.4 Å². The van der Waals surface area contributed by atoms with Gasteiger partial charge in [-0.2, -0.15) is 13.2 Å². The lowest BCUT2D eigenvalue weighted by atomic mass is 10.0. The molecule has 2 N–H and O–H groups in total. The van der Waals surface area contributed by atoms with Crippen LogP contribution in [-0.2, 0) is 33.5 Å². The molecule has 0 saturated carbocycles. The number of aryl methyl sites for hydroxylation is 2. The van der Waals surface area contributed by atoms with Crippen LogP contribution < -0.4 is 10.6 Å². The number of hydrogen-bond acceptors (Lipinski definition) is 6. The molecule has 2 aromatic heterocycles. The van der Waals surface area contributed by atoms with Gasteiger partial charge in [0.25, 0.3) is 5.91 Å². The van der Waals surface area contributed by atoms with Crippen LogP contribution in [0.2, 0.25) is 0 Å². The first-order chi connectivity index (χ1) is 20.4. The minimum atomic E-state index is -4.61. The molecule has 2 aromatic carbocycles. The first-order valence-electron chi connectivity index (χ1n) is 13.8. The highest BCUT2D eigenvalue weighted by atomic mass is 19.4. The second-order valence-corrected chi connectivity index (χ2v) is 10.1. The van der Waals surface area contributed by atoms with Crippen molar-refractivity contribution in [2.45, 2.75) is 58.8 Å². The Bertz CT molecular complexity index is 1640. The lowest BCUT2D eigenvalue weighted by Gasteiger charge is -2.18. The zero-order valence-corrected chi connectivity index (χ0v) is 24.3. The molecule has 0 radical (unpaired) electrons. The summed E-state index contributed by atoms with van der Waals surface area (Å²) >= 11 is 0. The number of fused-ring (bicyclic) bond motifs is 1. The smallest absolute Gasteiger partial charge is 0.436 e. The lowest BCUT2D eigenvalue weighted by molar-refractivity contribution is -0.143. The maximum absolute atomic E-state index is 13.6. The number of aromatic nitrogens is 4. The molecule has 2 heterocycles. The van der Waals surface area contributed by atoms with E-state index < -0.39 is 17.9 Å². The van der Waals surface area contributed by atoms with Crippen molar-refractivity contribution in [2.24, 2.45) is 0 Å². The molecule has 0 aliphatic rings. The number of carbonyl (C=O) groups is 3. The summed E-state index contributed by atoms with van der Waals surface area (Å²) in [6.45, 7) is 5.66. The number of carbonyl (C=O) groups excluding carboxylic acids is 3. The molecule has 1 unspecified atom stereocenters. The molecule has 0 saturated heterocycles. The van der Waals surface area contributed by atoms with Gasteiger partial charge < -0.3 is 19.9 Å². The van der Waals surface area contributed by atoms with Crippen molar-refractivity contribution in [1.82, 2.24) is 24.9 Å². The molecule has 0 bridgehead atoms. The van der Waals surface area contributed by atoms with Gasteiger partial charge in [0.15, 0.2) is 5.69 Å². The van der Waals surface area contributed by atoms with Gasteiger partial charge >= 0.3 is 12.1 Å². The van der Waals surface area contributed by atoms with E-state index in [0.717, 1.165) is 32.9 Å². The number of halogens is 3. The Morgan fingerprint density at radius 1 is 1.09 bits per heavy atom. The van der Waals surface area contributed by atoms with E-state index in [1.165, 1.54) is 0 Å². The Kier molecular flexibility index (Phi) is 9.52. The highest BCUT2D eigenvalue weighted by molar-refractivity contribution is 6.00. The molecule has 228 valence electrons. The number of benzene rings is 2. The van der Waals surface area contributed by atoms with E-state index in [2.05, 4.69) is 20.9 Å². The molecule has 4 aromatic rings. The summed E-state index contributed by atoms with van der Waals surface area (Å²) in [6, 6.07) is 9.81. The standard InChI is InChI=1S/C30H33F3N6O4/c1-5-43-27(40)8-6-7-21-10-9-20(16-38-17-26(36-37-38)30(31,32)33)13-24(21)35-28(41)19(3)39-15-18(2)23-12-11-22(14-25(23)39)29(42)34-4/h9-15,17,19H,5-8,16H2,1-4H3,(H,34,42)(H,35,41). The van der Waals surface area contributed by atoms with E-state index in [9.17, 15) is 27.6 Å². The van der Waals surface area contributed by atoms with Crippen LogP contribution in [0.25, 0.3) is 10.9 Å². The van der Waals surface area contributed by atoms with Crippen molar-refractivity contribution in [2.75, 3.05) is 19.0 Å². The Balaban J connectivity index is 1.61. The van der Waals surface area contributed by atoms with Crippen LogP contribution in [0.4, 0.5) is 18.9 Å². The van der Waals surface area contributed by atoms with E-state index in [4.69, 9.17) is 4.74 Å². The number of anilines is 1. The number of nitrogens with one attached hydrogen (secondary N) is 2. The van der Waals surface area contributed by atoms with E-state index >= 15 is 0 Å². The molecule has 0 spiro atoms. The third-order valence-corrected chi connectivity index (χ3v) is 7.06. The van der Waals surface area contributed by atoms with Gasteiger partial charge in [0, 0.05) is 41.8 Å². The first kappa shape index (κ1) is 31.3. The average Bonchev–Trinajstić information content (AvgIpc) is 3.57. The topological polar surface area (TPSA) is 120 Å². The van der Waals surface area contributed by atoms with Crippen molar-refractivity contribution in [3.63, 3.8) is 0 Å². The van der Waals surface area contributed by atoms with Gasteiger partial charge in [0.2, 0.25) is 5.91 Å². The fourth-order valence-electron chi connectivity index (χ4n) is 4.80. The number of nitrogens with zero attached hydrogens (tertiary/aromatic N) is 4. The van der Waals surface area contributed by atoms with Gasteiger partial charge in [0.05, 0.1) is 19.3 Å². The van der Waals surface area contributed by atoms with Crippen molar-refractivity contribution >= 4 is 34.4 Å². The van der Waals surface area contributed by atoms with E-state index in [-0.39, 0.29) is 37.4 Å². The number of amides is 2. The number of esters is 1. The Morgan fingerprint density at radius 3 is 2.53 bits per heavy atom. The van der Waals surface area contributed by atoms with Crippen molar-refractivity contribution < 1.29 is 32.3 Å². The van der Waals surface area contributed by atoms with Crippen LogP contribution in [0, 0.1) is 6.92 Å². The number of rotatable bonds is 11. The summed E-state index contributed by atoms with van der Waals surface area (Å²) in [5.74, 6) is -0.912. The molecule has 43 heavy (non-hydrogen) atoms. The van der Waals surface area contributed by atoms with Crippen LogP contribution in [0.1, 0.15) is 65.5 Å². The molecule has 2 amide bonds. The molecule has 10 nitrogen and oxygen atoms in total. The lowest BCUT2D eigenvalue weighted by Crippen LogP contribution is -2.24. The third kappa shape index (κ3) is 7.40. The zero-order valence-electron chi connectivity index (χ0n) is 24.3. The molecule has 0 fully saturated rings. The summed E-state index contributed by atoms with van der Waals surface area (Å²) in [5, 5.41) is 13.3. The van der Waals surface area contributed by atoms with Gasteiger partial charge in [-0.3, -0.25) is 14.4 Å². The number of ether oxygens (including phenoxy) is 1. The normalized spacial score (nSPS) is 12.3. The Morgan fingerprint density at radius 2 is 1.86 bits per heavy atom. The largest absolute Gasteiger partial charge is 0.466 e. The summed E-state index contributed by atoms with van der Waals surface area (Å²) < 4.78 is 46.9. The average molecular weight is 599 g/mol. The second-order valence-electron chi connectivity index (χ2n) is 10.1. The summed E-state index contributed by atoms with van der Waals surface area (Å²) in [6.07, 6.45) is -0.828. The maximum atomic E-state index is 13.6. The van der Waals surface area contributed by atoms with E-state index in [1.54, 1.807) is 55.8 Å². The fourth-order valence-corrected chi connectivity index (χ4v) is 4.80. The molecular formula is C30H33F3N6O4. The third-order valence-electron chi connectivity index (χ3n) is 7.06. The highest BCUT2D eigenvalue weighted by Gasteiger charge is 2.34. The first-order valence-corrected chi connectivity index (χ1v) is 13.8. The monoisotopic (exact) mass is 598 g/mol. The number of alkyl halides is 3. The van der Waals surface area contributed by atoms with E-state index in [1.807, 2.05) is 19.2 Å². The predicted octanol–water partition coefficient (Wildman–Crippen LogP) is 5.05. The molecule has 4 rings (SSSR count). The molecule has 13 heteroatoms. The van der Waals surface area contributed by atoms with E-state index in [0.29, 0.717) is 29.7 Å². The van der Waals surface area contributed by atoms with Gasteiger partial charge in [-0.25, -0.2) is 4.68 Å². The van der Waals surface area contributed by atoms with Gasteiger partial charge in [0.1, 0.15) is 6.04 Å². The Hall–Kier alpha value is -4.68. The van der Waals surface area contributed by atoms with Gasteiger partial charge in [-0.05, 0) is 68.5 Å². The molecule has 0 aliphatic heterocycles. The van der Waals surface area contributed by atoms with Crippen molar-refractivity contribution in [3.05, 3.63) is 76.7 Å². The predicted molar refractivity (Wildman–Crippen MR) is 154 cm³/mol. The minimum Gasteiger partial charge on any atom is -0.466 e. The number of hydrogen-bond donors (Lipinski definition) is 2. The molecule has 1 atom stereocenters. The zero-order chi connectivity index (χ0) is 31.3. The highest BCUT2D eigenvalue weighted by Crippen LogP contribution is 2.29. The van der Waals surface area contributed by atoms with Crippen LogP contribution >= 0.6 is 0 Å². The Labute approximate surface area is 246 Å². The minimum absolute atomic E-state index is 0.00564. The molecule has 0 aliphatic carbocycles. The fraction of sp³-hybridized carbons (Fsp3) is 0.367. The second kappa shape index (κ2) is 13.1. The van der Waals surface area contributed by atoms with Crippen LogP contribution in [0.3, 0.4) is 0 Å². The maximum Gasteiger partial charge on any atom is 0.436 e. The molecular weight excluding hydrogens is 565 g/mol. The van der Waals surface area contributed by atoms with Crippen LogP contribution in [0.5, 0.6) is 0 Å². The van der Waals surface area contributed by atoms with Crippen LogP contribution in [-0.4, -0.2) is 51.0 Å². The van der Waals surface area contributed by atoms with Crippen molar-refractivity contribution in [1.29, 1.82) is 0 Å². The van der Waals surface area contributed by atoms with Gasteiger partial charge in [-0.15, -0.1) is 5.10 Å². The summed E-state index contributed by atoms with van der Waals surface area (Å²) in [5.41, 5.74) is 2.82. The SMILES string of the molecule is CCOC(=O)CCCc1ccc(Cn2cc(C(F)(F)F)nn2)cc1NC(=O)C(C)n1cc(C)c2ccc(C(=O)NC)cc21. The van der Waals surface area contributed by atoms with Crippen molar-refractivity contribution in [3.8, 4) is 0 Å². The van der Waals surface area contributed by atoms with Crippen LogP contribution in [0.15, 0.2) is 48.8 Å². The quantitative estimate of drug-likeness (QED) is 0.233.